The van der Waals surface area contributed by atoms with E-state index >= 15 is 0 Å². The molecule has 0 aromatic heterocycles. The monoisotopic (exact) mass is 272 g/mol. The Kier molecular flexibility index (Phi) is 4.78. The highest BCUT2D eigenvalue weighted by Crippen LogP contribution is 2.19. The second-order valence-electron chi connectivity index (χ2n) is 3.08. The van der Waals surface area contributed by atoms with Crippen LogP contribution in [0.4, 0.5) is 0 Å². The lowest BCUT2D eigenvalue weighted by Crippen LogP contribution is -2.09. The molecule has 0 spiro atoms. The molecule has 1 aromatic carbocycles. The van der Waals surface area contributed by atoms with E-state index in [9.17, 15) is 9.90 Å². The molecule has 1 aromatic rings. The molecule has 0 saturated heterocycles. The maximum Gasteiger partial charge on any atom is 0.308 e. The predicted octanol–water partition coefficient (Wildman–Crippen LogP) is 2.44. The van der Waals surface area contributed by atoms with Crippen LogP contribution < -0.4 is 0 Å². The van der Waals surface area contributed by atoms with Gasteiger partial charge >= 0.3 is 5.97 Å². The standard InChI is InChI=1S/C11H13BrO3/c1-2-15-11(14)7-10(13)8-3-5-9(12)6-4-8/h3-6,10,13H,2,7H2,1H3. The van der Waals surface area contributed by atoms with E-state index in [-0.39, 0.29) is 12.4 Å². The Morgan fingerprint density at radius 1 is 1.47 bits per heavy atom. The van der Waals surface area contributed by atoms with Gasteiger partial charge in [0.2, 0.25) is 0 Å². The molecule has 1 atom stereocenters. The molecule has 0 aliphatic rings. The molecule has 0 fully saturated rings. The van der Waals surface area contributed by atoms with Crippen molar-refractivity contribution in [2.45, 2.75) is 19.4 Å². The molecule has 4 heteroatoms. The average molecular weight is 273 g/mol. The van der Waals surface area contributed by atoms with E-state index in [1.165, 1.54) is 0 Å². The fourth-order valence-corrected chi connectivity index (χ4v) is 1.44. The highest BCUT2D eigenvalue weighted by molar-refractivity contribution is 9.10. The van der Waals surface area contributed by atoms with Gasteiger partial charge in [-0.1, -0.05) is 28.1 Å². The molecule has 0 aliphatic heterocycles. The summed E-state index contributed by atoms with van der Waals surface area (Å²) in [6.07, 6.45) is -0.799. The maximum atomic E-state index is 11.1. The van der Waals surface area contributed by atoms with E-state index < -0.39 is 6.10 Å². The van der Waals surface area contributed by atoms with Crippen molar-refractivity contribution in [1.82, 2.24) is 0 Å². The molecular formula is C11H13BrO3. The topological polar surface area (TPSA) is 46.5 Å². The Bertz CT molecular complexity index is 321. The van der Waals surface area contributed by atoms with Crippen LogP contribution in [0, 0.1) is 0 Å². The molecule has 82 valence electrons. The van der Waals surface area contributed by atoms with E-state index in [4.69, 9.17) is 4.74 Å². The zero-order chi connectivity index (χ0) is 11.3. The molecule has 1 N–H and O–H groups in total. The molecule has 0 radical (unpaired) electrons. The smallest absolute Gasteiger partial charge is 0.308 e. The summed E-state index contributed by atoms with van der Waals surface area (Å²) >= 11 is 3.30. The number of carbonyl (C=O) groups is 1. The molecule has 0 bridgehead atoms. The van der Waals surface area contributed by atoms with E-state index in [1.807, 2.05) is 12.1 Å². The first-order valence-corrected chi connectivity index (χ1v) is 5.52. The van der Waals surface area contributed by atoms with Crippen molar-refractivity contribution in [2.75, 3.05) is 6.61 Å². The van der Waals surface area contributed by atoms with E-state index in [0.717, 1.165) is 4.47 Å². The largest absolute Gasteiger partial charge is 0.466 e. The third-order valence-corrected chi connectivity index (χ3v) is 2.45. The van der Waals surface area contributed by atoms with Crippen molar-refractivity contribution < 1.29 is 14.6 Å². The minimum Gasteiger partial charge on any atom is -0.466 e. The zero-order valence-corrected chi connectivity index (χ0v) is 10.0. The number of carbonyl (C=O) groups excluding carboxylic acids is 1. The Labute approximate surface area is 97.2 Å². The van der Waals surface area contributed by atoms with Gasteiger partial charge in [0.05, 0.1) is 19.1 Å². The van der Waals surface area contributed by atoms with Crippen LogP contribution in [0.2, 0.25) is 0 Å². The highest BCUT2D eigenvalue weighted by atomic mass is 79.9. The predicted molar refractivity (Wildman–Crippen MR) is 60.4 cm³/mol. The summed E-state index contributed by atoms with van der Waals surface area (Å²) < 4.78 is 5.69. The summed E-state index contributed by atoms with van der Waals surface area (Å²) in [6, 6.07) is 7.19. The number of rotatable bonds is 4. The number of ether oxygens (including phenoxy) is 1. The van der Waals surface area contributed by atoms with Crippen LogP contribution in [-0.4, -0.2) is 17.7 Å². The molecule has 0 amide bonds. The van der Waals surface area contributed by atoms with Gasteiger partial charge in [0.15, 0.2) is 0 Å². The summed E-state index contributed by atoms with van der Waals surface area (Å²) in [4.78, 5) is 11.1. The minimum absolute atomic E-state index is 0.00449. The number of esters is 1. The van der Waals surface area contributed by atoms with Crippen molar-refractivity contribution in [3.8, 4) is 0 Å². The van der Waals surface area contributed by atoms with Crippen LogP contribution in [0.25, 0.3) is 0 Å². The SMILES string of the molecule is CCOC(=O)CC(O)c1ccc(Br)cc1. The first-order valence-electron chi connectivity index (χ1n) is 4.72. The van der Waals surface area contributed by atoms with Crippen LogP contribution >= 0.6 is 15.9 Å². The Morgan fingerprint density at radius 2 is 2.07 bits per heavy atom. The van der Waals surface area contributed by atoms with E-state index in [2.05, 4.69) is 15.9 Å². The number of benzene rings is 1. The molecule has 0 aliphatic carbocycles. The van der Waals surface area contributed by atoms with Crippen LogP contribution in [0.1, 0.15) is 25.0 Å². The van der Waals surface area contributed by atoms with Crippen LogP contribution in [0.3, 0.4) is 0 Å². The minimum atomic E-state index is -0.794. The van der Waals surface area contributed by atoms with Gasteiger partial charge < -0.3 is 9.84 Å². The second-order valence-corrected chi connectivity index (χ2v) is 3.99. The van der Waals surface area contributed by atoms with E-state index in [1.54, 1.807) is 19.1 Å². The first-order chi connectivity index (χ1) is 7.13. The molecule has 1 rings (SSSR count). The molecule has 1 unspecified atom stereocenters. The van der Waals surface area contributed by atoms with Gasteiger partial charge in [-0.3, -0.25) is 4.79 Å². The third kappa shape index (κ3) is 4.01. The number of aliphatic hydroxyl groups is 1. The van der Waals surface area contributed by atoms with Crippen molar-refractivity contribution in [3.63, 3.8) is 0 Å². The summed E-state index contributed by atoms with van der Waals surface area (Å²) in [6.45, 7) is 2.08. The van der Waals surface area contributed by atoms with Gasteiger partial charge in [-0.15, -0.1) is 0 Å². The third-order valence-electron chi connectivity index (χ3n) is 1.92. The van der Waals surface area contributed by atoms with Crippen LogP contribution in [-0.2, 0) is 9.53 Å². The Balaban J connectivity index is 2.57. The summed E-state index contributed by atoms with van der Waals surface area (Å²) in [7, 11) is 0. The first kappa shape index (κ1) is 12.2. The van der Waals surface area contributed by atoms with Gasteiger partial charge in [-0.25, -0.2) is 0 Å². The summed E-state index contributed by atoms with van der Waals surface area (Å²) in [5.41, 5.74) is 0.714. The number of halogens is 1. The van der Waals surface area contributed by atoms with Gasteiger partial charge in [-0.05, 0) is 24.6 Å². The molecule has 0 heterocycles. The summed E-state index contributed by atoms with van der Waals surface area (Å²) in [5, 5.41) is 9.69. The Morgan fingerprint density at radius 3 is 2.60 bits per heavy atom. The zero-order valence-electron chi connectivity index (χ0n) is 8.44. The van der Waals surface area contributed by atoms with Crippen molar-refractivity contribution in [3.05, 3.63) is 34.3 Å². The van der Waals surface area contributed by atoms with Gasteiger partial charge in [0, 0.05) is 4.47 Å². The van der Waals surface area contributed by atoms with Gasteiger partial charge in [0.25, 0.3) is 0 Å². The van der Waals surface area contributed by atoms with Crippen molar-refractivity contribution in [1.29, 1.82) is 0 Å². The van der Waals surface area contributed by atoms with Crippen molar-refractivity contribution in [2.24, 2.45) is 0 Å². The van der Waals surface area contributed by atoms with Crippen molar-refractivity contribution >= 4 is 21.9 Å². The van der Waals surface area contributed by atoms with E-state index in [0.29, 0.717) is 12.2 Å². The van der Waals surface area contributed by atoms with Crippen LogP contribution in [0.15, 0.2) is 28.7 Å². The number of hydrogen-bond donors (Lipinski definition) is 1. The number of hydrogen-bond acceptors (Lipinski definition) is 3. The summed E-state index contributed by atoms with van der Waals surface area (Å²) in [5.74, 6) is -0.382. The number of aliphatic hydroxyl groups excluding tert-OH is 1. The second kappa shape index (κ2) is 5.88. The molecule has 15 heavy (non-hydrogen) atoms. The fraction of sp³-hybridized carbons (Fsp3) is 0.364. The lowest BCUT2D eigenvalue weighted by molar-refractivity contribution is -0.145. The quantitative estimate of drug-likeness (QED) is 0.857. The average Bonchev–Trinajstić information content (AvgIpc) is 2.18. The van der Waals surface area contributed by atoms with Gasteiger partial charge in [0.1, 0.15) is 0 Å². The van der Waals surface area contributed by atoms with Crippen LogP contribution in [0.5, 0.6) is 0 Å². The lowest BCUT2D eigenvalue weighted by atomic mass is 10.1. The molecular weight excluding hydrogens is 260 g/mol. The maximum absolute atomic E-state index is 11.1. The Hall–Kier alpha value is -0.870. The lowest BCUT2D eigenvalue weighted by Gasteiger charge is -2.09. The highest BCUT2D eigenvalue weighted by Gasteiger charge is 2.13. The molecule has 3 nitrogen and oxygen atoms in total. The normalized spacial score (nSPS) is 12.2. The fourth-order valence-electron chi connectivity index (χ4n) is 1.18. The molecule has 0 saturated carbocycles. The van der Waals surface area contributed by atoms with Gasteiger partial charge in [-0.2, -0.15) is 0 Å².